The minimum absolute atomic E-state index is 0.0613. The predicted molar refractivity (Wildman–Crippen MR) is 101 cm³/mol. The summed E-state index contributed by atoms with van der Waals surface area (Å²) >= 11 is 1.03. The molecule has 0 spiro atoms. The van der Waals surface area contributed by atoms with Crippen molar-refractivity contribution in [1.29, 1.82) is 0 Å². The Morgan fingerprint density at radius 3 is 2.41 bits per heavy atom. The van der Waals surface area contributed by atoms with E-state index in [-0.39, 0.29) is 22.4 Å². The molecule has 144 valence electrons. The number of nitro groups is 1. The zero-order valence-electron chi connectivity index (χ0n) is 15.0. The summed E-state index contributed by atoms with van der Waals surface area (Å²) in [5.41, 5.74) is -0.272. The first-order chi connectivity index (χ1) is 12.8. The summed E-state index contributed by atoms with van der Waals surface area (Å²) < 4.78 is 27.4. The van der Waals surface area contributed by atoms with Crippen LogP contribution in [0.5, 0.6) is 0 Å². The second-order valence-corrected chi connectivity index (χ2v) is 9.74. The summed E-state index contributed by atoms with van der Waals surface area (Å²) in [4.78, 5) is 19.2. The number of hydrogen-bond donors (Lipinski definition) is 0. The summed E-state index contributed by atoms with van der Waals surface area (Å²) in [6, 6.07) is 5.64. The number of benzene rings is 1. The summed E-state index contributed by atoms with van der Waals surface area (Å²) in [5, 5.41) is 11.9. The van der Waals surface area contributed by atoms with E-state index >= 15 is 0 Å². The second kappa shape index (κ2) is 7.91. The molecular formula is C17H20N4O4S2. The lowest BCUT2D eigenvalue weighted by Crippen LogP contribution is -2.42. The highest BCUT2D eigenvalue weighted by molar-refractivity contribution is 7.99. The maximum atomic E-state index is 13.0. The molecule has 1 saturated heterocycles. The quantitative estimate of drug-likeness (QED) is 0.425. The first kappa shape index (κ1) is 19.7. The number of nitrogens with zero attached hydrogens (tertiary/aromatic N) is 4. The van der Waals surface area contributed by atoms with E-state index in [1.807, 2.05) is 13.8 Å². The first-order valence-corrected chi connectivity index (χ1v) is 10.8. The summed E-state index contributed by atoms with van der Waals surface area (Å²) in [7, 11) is -3.79. The molecule has 2 heterocycles. The standard InChI is InChI=1S/C17H20N4O4S2/c1-12-8-13(2)11-20(10-12)27(24,25)14-4-5-16(15(9-14)21(22)23)26-17-18-6-3-7-19-17/h3-7,9,12-13H,8,10-11H2,1-2H3/t12-,13-/m0/s1. The van der Waals surface area contributed by atoms with Crippen LogP contribution in [0.4, 0.5) is 5.69 Å². The Kier molecular flexibility index (Phi) is 5.78. The Morgan fingerprint density at radius 1 is 1.19 bits per heavy atom. The third-order valence-electron chi connectivity index (χ3n) is 4.34. The van der Waals surface area contributed by atoms with Gasteiger partial charge in [0.25, 0.3) is 5.69 Å². The molecule has 0 amide bonds. The molecule has 3 rings (SSSR count). The van der Waals surface area contributed by atoms with E-state index < -0.39 is 14.9 Å². The average Bonchev–Trinajstić information content (AvgIpc) is 2.61. The van der Waals surface area contributed by atoms with Crippen LogP contribution < -0.4 is 0 Å². The van der Waals surface area contributed by atoms with Gasteiger partial charge in [0.15, 0.2) is 5.16 Å². The Labute approximate surface area is 162 Å². The summed E-state index contributed by atoms with van der Waals surface area (Å²) in [6.07, 6.45) is 4.05. The Bertz CT molecular complexity index is 927. The highest BCUT2D eigenvalue weighted by Gasteiger charge is 2.33. The molecule has 2 atom stereocenters. The van der Waals surface area contributed by atoms with Crippen molar-refractivity contribution in [2.45, 2.75) is 35.2 Å². The summed E-state index contributed by atoms with van der Waals surface area (Å²) in [5.74, 6) is 0.507. The van der Waals surface area contributed by atoms with Gasteiger partial charge in [-0.2, -0.15) is 4.31 Å². The fourth-order valence-corrected chi connectivity index (χ4v) is 5.77. The fraction of sp³-hybridized carbons (Fsp3) is 0.412. The van der Waals surface area contributed by atoms with Gasteiger partial charge in [-0.1, -0.05) is 13.8 Å². The molecule has 0 unspecified atom stereocenters. The first-order valence-electron chi connectivity index (χ1n) is 8.51. The van der Waals surface area contributed by atoms with Crippen molar-refractivity contribution in [3.63, 3.8) is 0 Å². The largest absolute Gasteiger partial charge is 0.284 e. The highest BCUT2D eigenvalue weighted by Crippen LogP contribution is 2.36. The molecule has 8 nitrogen and oxygen atoms in total. The van der Waals surface area contributed by atoms with Crippen molar-refractivity contribution < 1.29 is 13.3 Å². The van der Waals surface area contributed by atoms with E-state index in [9.17, 15) is 18.5 Å². The van der Waals surface area contributed by atoms with E-state index in [1.54, 1.807) is 18.5 Å². The molecule has 1 aliphatic heterocycles. The maximum Gasteiger partial charge on any atom is 0.284 e. The van der Waals surface area contributed by atoms with Crippen molar-refractivity contribution in [3.8, 4) is 0 Å². The lowest BCUT2D eigenvalue weighted by molar-refractivity contribution is -0.388. The lowest BCUT2D eigenvalue weighted by atomic mass is 9.94. The van der Waals surface area contributed by atoms with Gasteiger partial charge in [-0.3, -0.25) is 10.1 Å². The van der Waals surface area contributed by atoms with Crippen molar-refractivity contribution in [2.24, 2.45) is 11.8 Å². The number of nitro benzene ring substituents is 1. The molecule has 0 saturated carbocycles. The number of sulfonamides is 1. The fourth-order valence-electron chi connectivity index (χ4n) is 3.27. The van der Waals surface area contributed by atoms with Gasteiger partial charge >= 0.3 is 0 Å². The summed E-state index contributed by atoms with van der Waals surface area (Å²) in [6.45, 7) is 4.88. The van der Waals surface area contributed by atoms with Crippen molar-refractivity contribution in [1.82, 2.24) is 14.3 Å². The molecule has 27 heavy (non-hydrogen) atoms. The molecule has 0 aliphatic carbocycles. The van der Waals surface area contributed by atoms with Gasteiger partial charge in [0.05, 0.1) is 14.7 Å². The zero-order chi connectivity index (χ0) is 19.6. The third-order valence-corrected chi connectivity index (χ3v) is 7.13. The van der Waals surface area contributed by atoms with Crippen LogP contribution in [-0.4, -0.2) is 40.7 Å². The average molecular weight is 409 g/mol. The Morgan fingerprint density at radius 2 is 1.81 bits per heavy atom. The molecule has 0 radical (unpaired) electrons. The van der Waals surface area contributed by atoms with E-state index in [4.69, 9.17) is 0 Å². The van der Waals surface area contributed by atoms with Crippen LogP contribution in [0.2, 0.25) is 0 Å². The maximum absolute atomic E-state index is 13.0. The van der Waals surface area contributed by atoms with Crippen LogP contribution in [0.1, 0.15) is 20.3 Å². The highest BCUT2D eigenvalue weighted by atomic mass is 32.2. The van der Waals surface area contributed by atoms with Crippen LogP contribution in [-0.2, 0) is 10.0 Å². The smallest absolute Gasteiger partial charge is 0.258 e. The molecule has 0 bridgehead atoms. The van der Waals surface area contributed by atoms with Gasteiger partial charge in [-0.15, -0.1) is 0 Å². The van der Waals surface area contributed by atoms with E-state index in [0.717, 1.165) is 24.2 Å². The van der Waals surface area contributed by atoms with Crippen molar-refractivity contribution in [2.75, 3.05) is 13.1 Å². The molecule has 0 N–H and O–H groups in total. The molecule has 1 aromatic heterocycles. The zero-order valence-corrected chi connectivity index (χ0v) is 16.6. The van der Waals surface area contributed by atoms with Gasteiger partial charge < -0.3 is 0 Å². The lowest BCUT2D eigenvalue weighted by Gasteiger charge is -2.34. The van der Waals surface area contributed by atoms with Gasteiger partial charge in [0, 0.05) is 31.5 Å². The normalized spacial score (nSPS) is 21.1. The third kappa shape index (κ3) is 4.45. The Balaban J connectivity index is 1.94. The molecule has 1 aliphatic rings. The molecular weight excluding hydrogens is 388 g/mol. The van der Waals surface area contributed by atoms with Crippen LogP contribution in [0.3, 0.4) is 0 Å². The molecule has 1 fully saturated rings. The van der Waals surface area contributed by atoms with E-state index in [0.29, 0.717) is 23.1 Å². The molecule has 1 aromatic carbocycles. The van der Waals surface area contributed by atoms with Crippen LogP contribution in [0.15, 0.2) is 51.6 Å². The van der Waals surface area contributed by atoms with Crippen molar-refractivity contribution >= 4 is 27.5 Å². The molecule has 2 aromatic rings. The van der Waals surface area contributed by atoms with Gasteiger partial charge in [0.2, 0.25) is 10.0 Å². The number of aromatic nitrogens is 2. The predicted octanol–water partition coefficient (Wildman–Crippen LogP) is 3.20. The van der Waals surface area contributed by atoms with Crippen LogP contribution in [0, 0.1) is 22.0 Å². The minimum Gasteiger partial charge on any atom is -0.258 e. The van der Waals surface area contributed by atoms with Gasteiger partial charge in [-0.25, -0.2) is 18.4 Å². The van der Waals surface area contributed by atoms with E-state index in [2.05, 4.69) is 9.97 Å². The Hall–Kier alpha value is -2.04. The second-order valence-electron chi connectivity index (χ2n) is 6.79. The monoisotopic (exact) mass is 408 g/mol. The molecule has 10 heteroatoms. The van der Waals surface area contributed by atoms with Gasteiger partial charge in [0.1, 0.15) is 0 Å². The number of piperidine rings is 1. The topological polar surface area (TPSA) is 106 Å². The van der Waals surface area contributed by atoms with Gasteiger partial charge in [-0.05, 0) is 48.2 Å². The van der Waals surface area contributed by atoms with E-state index in [1.165, 1.54) is 16.4 Å². The number of hydrogen-bond acceptors (Lipinski definition) is 7. The van der Waals surface area contributed by atoms with Crippen LogP contribution in [0.25, 0.3) is 0 Å². The minimum atomic E-state index is -3.79. The number of rotatable bonds is 5. The SMILES string of the molecule is C[C@H]1C[C@H](C)CN(S(=O)(=O)c2ccc(Sc3ncccn3)c([N+](=O)[O-])c2)C1. The van der Waals surface area contributed by atoms with Crippen LogP contribution >= 0.6 is 11.8 Å². The van der Waals surface area contributed by atoms with Crippen molar-refractivity contribution in [3.05, 3.63) is 46.8 Å².